The molecule has 0 bridgehead atoms. The standard InChI is InChI=1S/C14H14BrNO/c1-9-6-13(4-5-14(9)15)16-8-12-7-10(2)17-11(12)3/h4-8H,1-3H3. The third-order valence-corrected chi connectivity index (χ3v) is 3.46. The van der Waals surface area contributed by atoms with E-state index in [1.54, 1.807) is 0 Å². The molecule has 0 spiro atoms. The largest absolute Gasteiger partial charge is 0.466 e. The van der Waals surface area contributed by atoms with Crippen LogP contribution in [0.15, 0.2) is 38.1 Å². The van der Waals surface area contributed by atoms with Crippen LogP contribution in [0.5, 0.6) is 0 Å². The minimum atomic E-state index is 0.903. The smallest absolute Gasteiger partial charge is 0.109 e. The Morgan fingerprint density at radius 2 is 1.94 bits per heavy atom. The maximum Gasteiger partial charge on any atom is 0.109 e. The van der Waals surface area contributed by atoms with Gasteiger partial charge >= 0.3 is 0 Å². The molecule has 0 saturated heterocycles. The van der Waals surface area contributed by atoms with Crippen LogP contribution in [0.3, 0.4) is 0 Å². The summed E-state index contributed by atoms with van der Waals surface area (Å²) in [5, 5.41) is 0. The fourth-order valence-corrected chi connectivity index (χ4v) is 1.88. The Morgan fingerprint density at radius 1 is 1.18 bits per heavy atom. The lowest BCUT2D eigenvalue weighted by Gasteiger charge is -1.98. The number of furan rings is 1. The minimum Gasteiger partial charge on any atom is -0.466 e. The lowest BCUT2D eigenvalue weighted by atomic mass is 10.2. The zero-order valence-electron chi connectivity index (χ0n) is 10.1. The number of hydrogen-bond donors (Lipinski definition) is 0. The van der Waals surface area contributed by atoms with Crippen molar-refractivity contribution in [2.24, 2.45) is 4.99 Å². The van der Waals surface area contributed by atoms with E-state index in [4.69, 9.17) is 4.42 Å². The summed E-state index contributed by atoms with van der Waals surface area (Å²) in [4.78, 5) is 4.45. The molecule has 2 rings (SSSR count). The van der Waals surface area contributed by atoms with Crippen LogP contribution in [0.4, 0.5) is 5.69 Å². The van der Waals surface area contributed by atoms with E-state index < -0.39 is 0 Å². The number of aryl methyl sites for hydroxylation is 3. The molecule has 2 nitrogen and oxygen atoms in total. The van der Waals surface area contributed by atoms with Crippen LogP contribution >= 0.6 is 15.9 Å². The first-order valence-electron chi connectivity index (χ1n) is 5.43. The number of benzene rings is 1. The summed E-state index contributed by atoms with van der Waals surface area (Å²) < 4.78 is 6.55. The van der Waals surface area contributed by atoms with Gasteiger partial charge in [-0.25, -0.2) is 0 Å². The van der Waals surface area contributed by atoms with Gasteiger partial charge in [0.05, 0.1) is 5.69 Å². The van der Waals surface area contributed by atoms with E-state index in [0.29, 0.717) is 0 Å². The second-order valence-corrected chi connectivity index (χ2v) is 4.91. The molecule has 0 saturated carbocycles. The molecule has 0 unspecified atom stereocenters. The fraction of sp³-hybridized carbons (Fsp3) is 0.214. The van der Waals surface area contributed by atoms with Crippen molar-refractivity contribution >= 4 is 27.8 Å². The maximum atomic E-state index is 5.45. The van der Waals surface area contributed by atoms with Crippen molar-refractivity contribution in [3.05, 3.63) is 51.4 Å². The van der Waals surface area contributed by atoms with Gasteiger partial charge in [-0.05, 0) is 50.6 Å². The Balaban J connectivity index is 2.26. The van der Waals surface area contributed by atoms with E-state index in [-0.39, 0.29) is 0 Å². The van der Waals surface area contributed by atoms with Gasteiger partial charge in [-0.2, -0.15) is 0 Å². The fourth-order valence-electron chi connectivity index (χ4n) is 1.63. The highest BCUT2D eigenvalue weighted by molar-refractivity contribution is 9.10. The average molecular weight is 292 g/mol. The molecule has 1 heterocycles. The molecule has 1 aromatic carbocycles. The van der Waals surface area contributed by atoms with Gasteiger partial charge < -0.3 is 4.42 Å². The van der Waals surface area contributed by atoms with E-state index in [1.807, 2.05) is 44.3 Å². The number of nitrogens with zero attached hydrogens (tertiary/aromatic N) is 1. The van der Waals surface area contributed by atoms with Crippen molar-refractivity contribution in [2.45, 2.75) is 20.8 Å². The van der Waals surface area contributed by atoms with Gasteiger partial charge in [-0.15, -0.1) is 0 Å². The SMILES string of the molecule is Cc1cc(C=Nc2ccc(Br)c(C)c2)c(C)o1. The molecular weight excluding hydrogens is 278 g/mol. The van der Waals surface area contributed by atoms with Crippen molar-refractivity contribution in [3.63, 3.8) is 0 Å². The highest BCUT2D eigenvalue weighted by Crippen LogP contribution is 2.22. The van der Waals surface area contributed by atoms with Crippen molar-refractivity contribution < 1.29 is 4.42 Å². The molecule has 1 aromatic heterocycles. The summed E-state index contributed by atoms with van der Waals surface area (Å²) in [7, 11) is 0. The van der Waals surface area contributed by atoms with Gasteiger partial charge in [-0.1, -0.05) is 15.9 Å². The van der Waals surface area contributed by atoms with Crippen LogP contribution in [0, 0.1) is 20.8 Å². The second kappa shape index (κ2) is 4.88. The van der Waals surface area contributed by atoms with Gasteiger partial charge in [0.2, 0.25) is 0 Å². The molecule has 0 aliphatic heterocycles. The Labute approximate surface area is 110 Å². The van der Waals surface area contributed by atoms with Crippen LogP contribution in [0.25, 0.3) is 0 Å². The Kier molecular flexibility index (Phi) is 3.48. The molecule has 2 aromatic rings. The van der Waals surface area contributed by atoms with Gasteiger partial charge in [0.1, 0.15) is 11.5 Å². The molecule has 88 valence electrons. The summed E-state index contributed by atoms with van der Waals surface area (Å²) in [5.41, 5.74) is 3.16. The molecule has 0 amide bonds. The number of aliphatic imine (C=N–C) groups is 1. The molecule has 0 aliphatic rings. The Bertz CT molecular complexity index is 570. The first-order valence-corrected chi connectivity index (χ1v) is 6.23. The first kappa shape index (κ1) is 12.1. The minimum absolute atomic E-state index is 0.903. The van der Waals surface area contributed by atoms with Crippen molar-refractivity contribution in [1.29, 1.82) is 0 Å². The third-order valence-electron chi connectivity index (χ3n) is 2.57. The summed E-state index contributed by atoms with van der Waals surface area (Å²) >= 11 is 3.47. The van der Waals surface area contributed by atoms with E-state index in [1.165, 1.54) is 5.56 Å². The van der Waals surface area contributed by atoms with Crippen LogP contribution in [0.2, 0.25) is 0 Å². The third kappa shape index (κ3) is 2.86. The summed E-state index contributed by atoms with van der Waals surface area (Å²) in [5.74, 6) is 1.82. The highest BCUT2D eigenvalue weighted by atomic mass is 79.9. The van der Waals surface area contributed by atoms with Crippen LogP contribution < -0.4 is 0 Å². The highest BCUT2D eigenvalue weighted by Gasteiger charge is 2.01. The maximum absolute atomic E-state index is 5.45. The van der Waals surface area contributed by atoms with Gasteiger partial charge in [0.15, 0.2) is 0 Å². The molecule has 0 N–H and O–H groups in total. The lowest BCUT2D eigenvalue weighted by molar-refractivity contribution is 0.504. The van der Waals surface area contributed by atoms with E-state index in [9.17, 15) is 0 Å². The molecule has 0 fully saturated rings. The van der Waals surface area contributed by atoms with E-state index >= 15 is 0 Å². The lowest BCUT2D eigenvalue weighted by Crippen LogP contribution is -1.80. The molecule has 0 radical (unpaired) electrons. The van der Waals surface area contributed by atoms with Crippen molar-refractivity contribution in [1.82, 2.24) is 0 Å². The van der Waals surface area contributed by atoms with Gasteiger partial charge in [-0.3, -0.25) is 4.99 Å². The zero-order chi connectivity index (χ0) is 12.4. The van der Waals surface area contributed by atoms with Gasteiger partial charge in [0, 0.05) is 16.3 Å². The molecule has 0 aliphatic carbocycles. The second-order valence-electron chi connectivity index (χ2n) is 4.06. The van der Waals surface area contributed by atoms with Crippen molar-refractivity contribution in [2.75, 3.05) is 0 Å². The Morgan fingerprint density at radius 3 is 2.53 bits per heavy atom. The molecule has 3 heteroatoms. The number of rotatable bonds is 2. The Hall–Kier alpha value is -1.35. The van der Waals surface area contributed by atoms with Crippen LogP contribution in [-0.2, 0) is 0 Å². The zero-order valence-corrected chi connectivity index (χ0v) is 11.7. The molecule has 0 atom stereocenters. The predicted octanol–water partition coefficient (Wildman–Crippen LogP) is 4.72. The summed E-state index contributed by atoms with van der Waals surface area (Å²) in [6, 6.07) is 8.03. The quantitative estimate of drug-likeness (QED) is 0.735. The first-order chi connectivity index (χ1) is 8.06. The van der Waals surface area contributed by atoms with E-state index in [0.717, 1.165) is 27.2 Å². The van der Waals surface area contributed by atoms with E-state index in [2.05, 4.69) is 27.8 Å². The molecule has 17 heavy (non-hydrogen) atoms. The monoisotopic (exact) mass is 291 g/mol. The molecular formula is C14H14BrNO. The number of hydrogen-bond acceptors (Lipinski definition) is 2. The number of halogens is 1. The van der Waals surface area contributed by atoms with Crippen molar-refractivity contribution in [3.8, 4) is 0 Å². The normalized spacial score (nSPS) is 11.3. The van der Waals surface area contributed by atoms with Crippen LogP contribution in [0.1, 0.15) is 22.6 Å². The van der Waals surface area contributed by atoms with Crippen LogP contribution in [-0.4, -0.2) is 6.21 Å². The topological polar surface area (TPSA) is 25.5 Å². The summed E-state index contributed by atoms with van der Waals surface area (Å²) in [6.45, 7) is 5.94. The average Bonchev–Trinajstić information content (AvgIpc) is 2.59. The summed E-state index contributed by atoms with van der Waals surface area (Å²) in [6.07, 6.45) is 1.84. The predicted molar refractivity (Wildman–Crippen MR) is 74.3 cm³/mol. The van der Waals surface area contributed by atoms with Gasteiger partial charge in [0.25, 0.3) is 0 Å².